The van der Waals surface area contributed by atoms with E-state index >= 15 is 0 Å². The van der Waals surface area contributed by atoms with Crippen LogP contribution >= 0.6 is 15.9 Å². The van der Waals surface area contributed by atoms with Crippen molar-refractivity contribution in [1.29, 1.82) is 0 Å². The molecule has 0 amide bonds. The van der Waals surface area contributed by atoms with Crippen LogP contribution in [0.2, 0.25) is 0 Å². The summed E-state index contributed by atoms with van der Waals surface area (Å²) in [5, 5.41) is 12.3. The number of fused-ring (bicyclic) bond motifs is 2. The zero-order valence-electron chi connectivity index (χ0n) is 8.40. The van der Waals surface area contributed by atoms with Crippen LogP contribution in [0.1, 0.15) is 5.76 Å². The summed E-state index contributed by atoms with van der Waals surface area (Å²) in [6.07, 6.45) is 0. The lowest BCUT2D eigenvalue weighted by atomic mass is 10.1. The normalized spacial score (nSPS) is 11.4. The summed E-state index contributed by atoms with van der Waals surface area (Å²) in [5.41, 5.74) is 0.794. The Hall–Kier alpha value is -1.32. The Morgan fingerprint density at radius 1 is 1.12 bits per heavy atom. The van der Waals surface area contributed by atoms with Crippen molar-refractivity contribution in [1.82, 2.24) is 0 Å². The van der Waals surface area contributed by atoms with Crippen molar-refractivity contribution in [2.75, 3.05) is 0 Å². The third-order valence-electron chi connectivity index (χ3n) is 2.68. The standard InChI is InChI=1S/C13H9BrO2/c14-12-11-4-2-1-3-8(11)5-9-6-10(7-15)16-13(9)12/h1-6,15H,7H2. The van der Waals surface area contributed by atoms with Gasteiger partial charge in [-0.05, 0) is 38.8 Å². The first-order valence-electron chi connectivity index (χ1n) is 5.00. The summed E-state index contributed by atoms with van der Waals surface area (Å²) in [6, 6.07) is 12.0. The van der Waals surface area contributed by atoms with Gasteiger partial charge in [-0.1, -0.05) is 24.3 Å². The van der Waals surface area contributed by atoms with Crippen molar-refractivity contribution in [3.05, 3.63) is 46.6 Å². The Morgan fingerprint density at radius 2 is 1.94 bits per heavy atom. The van der Waals surface area contributed by atoms with Gasteiger partial charge in [0, 0.05) is 5.39 Å². The van der Waals surface area contributed by atoms with Crippen LogP contribution in [-0.4, -0.2) is 5.11 Å². The number of hydrogen-bond acceptors (Lipinski definition) is 2. The van der Waals surface area contributed by atoms with Gasteiger partial charge in [-0.15, -0.1) is 0 Å². The van der Waals surface area contributed by atoms with Gasteiger partial charge in [-0.25, -0.2) is 0 Å². The van der Waals surface area contributed by atoms with Gasteiger partial charge in [0.05, 0.1) is 4.47 Å². The van der Waals surface area contributed by atoms with E-state index in [1.54, 1.807) is 0 Å². The van der Waals surface area contributed by atoms with Crippen LogP contribution in [0.3, 0.4) is 0 Å². The van der Waals surface area contributed by atoms with Gasteiger partial charge in [0.2, 0.25) is 0 Å². The molecule has 16 heavy (non-hydrogen) atoms. The maximum absolute atomic E-state index is 9.06. The molecule has 2 nitrogen and oxygen atoms in total. The monoisotopic (exact) mass is 276 g/mol. The largest absolute Gasteiger partial charge is 0.457 e. The van der Waals surface area contributed by atoms with Crippen molar-refractivity contribution in [2.45, 2.75) is 6.61 Å². The molecule has 0 spiro atoms. The Labute approximate surface area is 101 Å². The van der Waals surface area contributed by atoms with E-state index in [2.05, 4.69) is 28.1 Å². The molecule has 0 bridgehead atoms. The van der Waals surface area contributed by atoms with E-state index in [1.807, 2.05) is 24.3 Å². The fraction of sp³-hybridized carbons (Fsp3) is 0.0769. The Bertz CT molecular complexity index is 670. The van der Waals surface area contributed by atoms with E-state index in [9.17, 15) is 0 Å². The second-order valence-electron chi connectivity index (χ2n) is 3.70. The van der Waals surface area contributed by atoms with Gasteiger partial charge < -0.3 is 9.52 Å². The zero-order valence-corrected chi connectivity index (χ0v) is 9.99. The molecule has 0 saturated heterocycles. The summed E-state index contributed by atoms with van der Waals surface area (Å²) in [5.74, 6) is 0.589. The first-order chi connectivity index (χ1) is 7.79. The SMILES string of the molecule is OCc1cc2cc3ccccc3c(Br)c2o1. The Morgan fingerprint density at radius 3 is 2.75 bits per heavy atom. The van der Waals surface area contributed by atoms with E-state index in [1.165, 1.54) is 0 Å². The highest BCUT2D eigenvalue weighted by atomic mass is 79.9. The molecule has 0 atom stereocenters. The Balaban J connectivity index is 2.48. The summed E-state index contributed by atoms with van der Waals surface area (Å²) in [4.78, 5) is 0. The van der Waals surface area contributed by atoms with Crippen LogP contribution in [0.15, 0.2) is 45.3 Å². The lowest BCUT2D eigenvalue weighted by Gasteiger charge is -2.00. The van der Waals surface area contributed by atoms with Gasteiger partial charge in [0.1, 0.15) is 18.0 Å². The minimum Gasteiger partial charge on any atom is -0.457 e. The highest BCUT2D eigenvalue weighted by Gasteiger charge is 2.09. The summed E-state index contributed by atoms with van der Waals surface area (Å²) >= 11 is 3.55. The quantitative estimate of drug-likeness (QED) is 0.733. The summed E-state index contributed by atoms with van der Waals surface area (Å²) in [7, 11) is 0. The molecule has 0 aliphatic heterocycles. The maximum Gasteiger partial charge on any atom is 0.149 e. The van der Waals surface area contributed by atoms with E-state index in [4.69, 9.17) is 9.52 Å². The molecule has 3 aromatic rings. The molecule has 2 aromatic carbocycles. The van der Waals surface area contributed by atoms with Crippen LogP contribution < -0.4 is 0 Å². The number of aliphatic hydroxyl groups excluding tert-OH is 1. The van der Waals surface area contributed by atoms with Crippen molar-refractivity contribution < 1.29 is 9.52 Å². The summed E-state index contributed by atoms with van der Waals surface area (Å²) < 4.78 is 6.50. The molecule has 0 aliphatic rings. The highest BCUT2D eigenvalue weighted by Crippen LogP contribution is 2.34. The van der Waals surface area contributed by atoms with Crippen LogP contribution in [-0.2, 0) is 6.61 Å². The first kappa shape index (κ1) is 9.87. The smallest absolute Gasteiger partial charge is 0.149 e. The number of aliphatic hydroxyl groups is 1. The molecule has 0 unspecified atom stereocenters. The van der Waals surface area contributed by atoms with E-state index in [0.717, 1.165) is 26.2 Å². The number of rotatable bonds is 1. The van der Waals surface area contributed by atoms with Gasteiger partial charge in [-0.2, -0.15) is 0 Å². The van der Waals surface area contributed by atoms with Gasteiger partial charge >= 0.3 is 0 Å². The molecule has 1 N–H and O–H groups in total. The molecule has 0 aliphatic carbocycles. The third-order valence-corrected chi connectivity index (χ3v) is 3.46. The topological polar surface area (TPSA) is 33.4 Å². The van der Waals surface area contributed by atoms with Crippen molar-refractivity contribution in [3.8, 4) is 0 Å². The zero-order chi connectivity index (χ0) is 11.1. The van der Waals surface area contributed by atoms with Crippen molar-refractivity contribution >= 4 is 37.7 Å². The molecule has 0 saturated carbocycles. The average molecular weight is 277 g/mol. The fourth-order valence-corrected chi connectivity index (χ4v) is 2.60. The molecular formula is C13H9BrO2. The molecule has 80 valence electrons. The number of furan rings is 1. The van der Waals surface area contributed by atoms with E-state index < -0.39 is 0 Å². The highest BCUT2D eigenvalue weighted by molar-refractivity contribution is 9.10. The van der Waals surface area contributed by atoms with Crippen LogP contribution in [0, 0.1) is 0 Å². The van der Waals surface area contributed by atoms with Gasteiger partial charge in [0.15, 0.2) is 0 Å². The molecule has 0 radical (unpaired) electrons. The predicted molar refractivity (Wildman–Crippen MR) is 67.3 cm³/mol. The van der Waals surface area contributed by atoms with E-state index in [-0.39, 0.29) is 6.61 Å². The van der Waals surface area contributed by atoms with Crippen molar-refractivity contribution in [3.63, 3.8) is 0 Å². The second-order valence-corrected chi connectivity index (χ2v) is 4.49. The minimum absolute atomic E-state index is 0.0720. The van der Waals surface area contributed by atoms with Crippen LogP contribution in [0.5, 0.6) is 0 Å². The molecule has 0 fully saturated rings. The molecule has 3 heteroatoms. The fourth-order valence-electron chi connectivity index (χ4n) is 1.93. The molecular weight excluding hydrogens is 268 g/mol. The average Bonchev–Trinajstić information content (AvgIpc) is 2.73. The lowest BCUT2D eigenvalue weighted by molar-refractivity contribution is 0.251. The number of benzene rings is 2. The Kier molecular flexibility index (Phi) is 2.23. The lowest BCUT2D eigenvalue weighted by Crippen LogP contribution is -1.75. The van der Waals surface area contributed by atoms with Crippen molar-refractivity contribution in [2.24, 2.45) is 0 Å². The van der Waals surface area contributed by atoms with Gasteiger partial charge in [-0.3, -0.25) is 0 Å². The maximum atomic E-state index is 9.06. The van der Waals surface area contributed by atoms with Gasteiger partial charge in [0.25, 0.3) is 0 Å². The molecule has 1 heterocycles. The first-order valence-corrected chi connectivity index (χ1v) is 5.79. The molecule has 1 aromatic heterocycles. The minimum atomic E-state index is -0.0720. The third kappa shape index (κ3) is 1.36. The van der Waals surface area contributed by atoms with Crippen LogP contribution in [0.25, 0.3) is 21.7 Å². The number of halogens is 1. The van der Waals surface area contributed by atoms with Crippen LogP contribution in [0.4, 0.5) is 0 Å². The predicted octanol–water partition coefficient (Wildman–Crippen LogP) is 3.84. The molecule has 3 rings (SSSR count). The second kappa shape index (κ2) is 3.61. The summed E-state index contributed by atoms with van der Waals surface area (Å²) in [6.45, 7) is -0.0720. The number of hydrogen-bond donors (Lipinski definition) is 1. The van der Waals surface area contributed by atoms with E-state index in [0.29, 0.717) is 5.76 Å².